The van der Waals surface area contributed by atoms with Gasteiger partial charge in [-0.25, -0.2) is 4.79 Å². The van der Waals surface area contributed by atoms with Crippen molar-refractivity contribution in [2.75, 3.05) is 5.32 Å². The largest absolute Gasteiger partial charge is 0.478 e. The minimum atomic E-state index is -1.04. The van der Waals surface area contributed by atoms with E-state index < -0.39 is 5.97 Å². The summed E-state index contributed by atoms with van der Waals surface area (Å²) < 4.78 is 0.670. The zero-order chi connectivity index (χ0) is 14.7. The van der Waals surface area contributed by atoms with Crippen LogP contribution in [0.1, 0.15) is 15.9 Å². The molecule has 100 valence electrons. The number of halogens is 2. The number of hydrogen-bond donors (Lipinski definition) is 2. The molecule has 0 bridgehead atoms. The lowest BCUT2D eigenvalue weighted by Gasteiger charge is -2.11. The van der Waals surface area contributed by atoms with Crippen molar-refractivity contribution in [3.8, 4) is 6.07 Å². The highest BCUT2D eigenvalue weighted by Gasteiger charge is 2.10. The summed E-state index contributed by atoms with van der Waals surface area (Å²) in [5.41, 5.74) is 1.68. The van der Waals surface area contributed by atoms with E-state index in [0.29, 0.717) is 21.4 Å². The van der Waals surface area contributed by atoms with Crippen LogP contribution in [0, 0.1) is 11.3 Å². The summed E-state index contributed by atoms with van der Waals surface area (Å²) in [6.07, 6.45) is 0. The van der Waals surface area contributed by atoms with Crippen molar-refractivity contribution in [3.63, 3.8) is 0 Å². The Bertz CT molecular complexity index is 726. The van der Waals surface area contributed by atoms with E-state index in [-0.39, 0.29) is 10.6 Å². The molecule has 0 amide bonds. The molecule has 2 aromatic carbocycles. The van der Waals surface area contributed by atoms with Gasteiger partial charge in [0.05, 0.1) is 27.5 Å². The first kappa shape index (κ1) is 14.4. The van der Waals surface area contributed by atoms with E-state index in [2.05, 4.69) is 27.3 Å². The molecule has 0 aliphatic heterocycles. The minimum absolute atomic E-state index is 0.107. The lowest BCUT2D eigenvalue weighted by Crippen LogP contribution is -1.99. The first-order valence-electron chi connectivity index (χ1n) is 5.51. The van der Waals surface area contributed by atoms with Gasteiger partial charge in [-0.3, -0.25) is 0 Å². The Morgan fingerprint density at radius 3 is 2.65 bits per heavy atom. The third-order valence-electron chi connectivity index (χ3n) is 2.61. The van der Waals surface area contributed by atoms with E-state index in [1.54, 1.807) is 24.3 Å². The maximum Gasteiger partial charge on any atom is 0.335 e. The molecular weight excluding hydrogens is 344 g/mol. The molecule has 0 aliphatic carbocycles. The average molecular weight is 352 g/mol. The van der Waals surface area contributed by atoms with E-state index in [4.69, 9.17) is 22.0 Å². The molecule has 4 nitrogen and oxygen atoms in total. The van der Waals surface area contributed by atoms with Crippen LogP contribution in [0.15, 0.2) is 40.9 Å². The molecule has 20 heavy (non-hydrogen) atoms. The summed E-state index contributed by atoms with van der Waals surface area (Å²) in [5.74, 6) is -1.04. The van der Waals surface area contributed by atoms with Crippen LogP contribution < -0.4 is 5.32 Å². The Hall–Kier alpha value is -2.03. The molecule has 0 aliphatic rings. The fraction of sp³-hybridized carbons (Fsp3) is 0. The van der Waals surface area contributed by atoms with E-state index in [0.717, 1.165) is 0 Å². The van der Waals surface area contributed by atoms with Crippen LogP contribution in [0.3, 0.4) is 0 Å². The Morgan fingerprint density at radius 1 is 1.30 bits per heavy atom. The fourth-order valence-corrected chi connectivity index (χ4v) is 2.32. The minimum Gasteiger partial charge on any atom is -0.478 e. The van der Waals surface area contributed by atoms with Gasteiger partial charge in [-0.1, -0.05) is 17.7 Å². The number of hydrogen-bond acceptors (Lipinski definition) is 3. The van der Waals surface area contributed by atoms with Crippen molar-refractivity contribution in [2.24, 2.45) is 0 Å². The first-order chi connectivity index (χ1) is 9.52. The van der Waals surface area contributed by atoms with Gasteiger partial charge in [0, 0.05) is 4.47 Å². The zero-order valence-electron chi connectivity index (χ0n) is 10.0. The van der Waals surface area contributed by atoms with Crippen LogP contribution in [0.5, 0.6) is 0 Å². The molecule has 0 heterocycles. The molecule has 6 heteroatoms. The number of benzene rings is 2. The predicted octanol–water partition coefficient (Wildman–Crippen LogP) is 4.42. The number of anilines is 2. The quantitative estimate of drug-likeness (QED) is 0.858. The smallest absolute Gasteiger partial charge is 0.335 e. The van der Waals surface area contributed by atoms with Crippen LogP contribution >= 0.6 is 27.5 Å². The number of rotatable bonds is 3. The molecule has 0 saturated carbocycles. The summed E-state index contributed by atoms with van der Waals surface area (Å²) >= 11 is 9.33. The van der Waals surface area contributed by atoms with Gasteiger partial charge < -0.3 is 10.4 Å². The Labute approximate surface area is 128 Å². The van der Waals surface area contributed by atoms with Crippen LogP contribution in [0.25, 0.3) is 0 Å². The van der Waals surface area contributed by atoms with Crippen LogP contribution in [0.4, 0.5) is 11.4 Å². The van der Waals surface area contributed by atoms with Gasteiger partial charge in [-0.2, -0.15) is 5.26 Å². The van der Waals surface area contributed by atoms with Gasteiger partial charge in [-0.15, -0.1) is 0 Å². The fourth-order valence-electron chi connectivity index (χ4n) is 1.64. The topological polar surface area (TPSA) is 73.1 Å². The Morgan fingerprint density at radius 2 is 2.05 bits per heavy atom. The van der Waals surface area contributed by atoms with Crippen molar-refractivity contribution in [1.82, 2.24) is 0 Å². The van der Waals surface area contributed by atoms with E-state index in [1.807, 2.05) is 0 Å². The lowest BCUT2D eigenvalue weighted by atomic mass is 10.1. The number of aromatic carboxylic acids is 1. The summed E-state index contributed by atoms with van der Waals surface area (Å²) in [5, 5.41) is 21.3. The summed E-state index contributed by atoms with van der Waals surface area (Å²) in [4.78, 5) is 10.8. The molecular formula is C14H8BrClN2O2. The number of nitrogens with one attached hydrogen (secondary N) is 1. The van der Waals surface area contributed by atoms with Gasteiger partial charge in [0.1, 0.15) is 6.07 Å². The van der Waals surface area contributed by atoms with Crippen molar-refractivity contribution >= 4 is 44.9 Å². The number of carboxylic acid groups (broad SMARTS) is 1. The second kappa shape index (κ2) is 5.95. The van der Waals surface area contributed by atoms with Gasteiger partial charge in [0.2, 0.25) is 0 Å². The van der Waals surface area contributed by atoms with E-state index in [1.165, 1.54) is 12.1 Å². The average Bonchev–Trinajstić information content (AvgIpc) is 2.41. The summed E-state index contributed by atoms with van der Waals surface area (Å²) in [7, 11) is 0. The third-order valence-corrected chi connectivity index (χ3v) is 3.58. The monoisotopic (exact) mass is 350 g/mol. The predicted molar refractivity (Wildman–Crippen MR) is 80.6 cm³/mol. The molecule has 2 N–H and O–H groups in total. The molecule has 2 aromatic rings. The molecule has 0 atom stereocenters. The number of carbonyl (C=O) groups is 1. The SMILES string of the molecule is N#Cc1c(Br)cccc1Nc1ccc(C(=O)O)cc1Cl. The third kappa shape index (κ3) is 2.93. The Kier molecular flexibility index (Phi) is 4.28. The first-order valence-corrected chi connectivity index (χ1v) is 6.68. The van der Waals surface area contributed by atoms with Crippen molar-refractivity contribution in [3.05, 3.63) is 57.0 Å². The van der Waals surface area contributed by atoms with Gasteiger partial charge in [-0.05, 0) is 46.3 Å². The van der Waals surface area contributed by atoms with Crippen LogP contribution in [-0.4, -0.2) is 11.1 Å². The molecule has 0 unspecified atom stereocenters. The number of carboxylic acids is 1. The van der Waals surface area contributed by atoms with Crippen molar-refractivity contribution < 1.29 is 9.90 Å². The van der Waals surface area contributed by atoms with E-state index in [9.17, 15) is 4.79 Å². The van der Waals surface area contributed by atoms with Gasteiger partial charge in [0.25, 0.3) is 0 Å². The van der Waals surface area contributed by atoms with Gasteiger partial charge in [0.15, 0.2) is 0 Å². The highest BCUT2D eigenvalue weighted by atomic mass is 79.9. The summed E-state index contributed by atoms with van der Waals surface area (Å²) in [6.45, 7) is 0. The normalized spacial score (nSPS) is 9.85. The highest BCUT2D eigenvalue weighted by Crippen LogP contribution is 2.30. The maximum absolute atomic E-state index is 10.8. The molecule has 0 aromatic heterocycles. The zero-order valence-corrected chi connectivity index (χ0v) is 12.4. The second-order valence-corrected chi connectivity index (χ2v) is 5.16. The van der Waals surface area contributed by atoms with E-state index >= 15 is 0 Å². The number of nitriles is 1. The van der Waals surface area contributed by atoms with Crippen LogP contribution in [-0.2, 0) is 0 Å². The molecule has 0 fully saturated rings. The molecule has 0 radical (unpaired) electrons. The Balaban J connectivity index is 2.39. The molecule has 2 rings (SSSR count). The summed E-state index contributed by atoms with van der Waals surface area (Å²) in [6, 6.07) is 11.7. The van der Waals surface area contributed by atoms with Crippen molar-refractivity contribution in [2.45, 2.75) is 0 Å². The second-order valence-electron chi connectivity index (χ2n) is 3.90. The number of nitrogens with zero attached hydrogens (tertiary/aromatic N) is 1. The maximum atomic E-state index is 10.8. The van der Waals surface area contributed by atoms with Crippen LogP contribution in [0.2, 0.25) is 5.02 Å². The van der Waals surface area contributed by atoms with Crippen molar-refractivity contribution in [1.29, 1.82) is 5.26 Å². The standard InChI is InChI=1S/C14H8BrClN2O2/c15-10-2-1-3-12(9(10)7-17)18-13-5-4-8(14(19)20)6-11(13)16/h1-6,18H,(H,19,20). The molecule has 0 saturated heterocycles. The lowest BCUT2D eigenvalue weighted by molar-refractivity contribution is 0.0697. The highest BCUT2D eigenvalue weighted by molar-refractivity contribution is 9.10. The molecule has 0 spiro atoms. The van der Waals surface area contributed by atoms with Gasteiger partial charge >= 0.3 is 5.97 Å².